The van der Waals surface area contributed by atoms with Gasteiger partial charge < -0.3 is 10.1 Å². The highest BCUT2D eigenvalue weighted by molar-refractivity contribution is 6.34. The number of aryl methyl sites for hydroxylation is 1. The Balaban J connectivity index is 2.11. The zero-order chi connectivity index (χ0) is 14.5. The molecule has 0 aliphatic heterocycles. The van der Waals surface area contributed by atoms with Crippen LogP contribution in [0.2, 0.25) is 5.02 Å². The van der Waals surface area contributed by atoms with Crippen LogP contribution in [0.5, 0.6) is 5.88 Å². The van der Waals surface area contributed by atoms with Crippen molar-refractivity contribution < 1.29 is 9.53 Å². The van der Waals surface area contributed by atoms with Crippen LogP contribution >= 0.6 is 11.6 Å². The summed E-state index contributed by atoms with van der Waals surface area (Å²) >= 11 is 6.08. The van der Waals surface area contributed by atoms with Gasteiger partial charge in [-0.15, -0.1) is 0 Å². The van der Waals surface area contributed by atoms with Crippen LogP contribution in [0.1, 0.15) is 22.8 Å². The first kappa shape index (κ1) is 14.3. The fourth-order valence-corrected chi connectivity index (χ4v) is 1.95. The number of carbonyl (C=O) groups excluding carboxylic acids is 1. The molecule has 0 aliphatic carbocycles. The molecule has 1 aromatic heterocycles. The van der Waals surface area contributed by atoms with Crippen LogP contribution in [0, 0.1) is 6.92 Å². The lowest BCUT2D eigenvalue weighted by molar-refractivity contribution is 0.102. The zero-order valence-corrected chi connectivity index (χ0v) is 12.1. The Morgan fingerprint density at radius 2 is 2.15 bits per heavy atom. The molecule has 2 rings (SSSR count). The molecule has 0 fully saturated rings. The van der Waals surface area contributed by atoms with Gasteiger partial charge in [-0.1, -0.05) is 17.7 Å². The second-order valence-corrected chi connectivity index (χ2v) is 4.66. The minimum absolute atomic E-state index is 0.258. The minimum atomic E-state index is -0.258. The van der Waals surface area contributed by atoms with Crippen molar-refractivity contribution in [2.45, 2.75) is 13.8 Å². The molecule has 1 heterocycles. The number of pyridine rings is 1. The van der Waals surface area contributed by atoms with Crippen molar-refractivity contribution >= 4 is 23.2 Å². The predicted octanol–water partition coefficient (Wildman–Crippen LogP) is 3.69. The summed E-state index contributed by atoms with van der Waals surface area (Å²) in [6.45, 7) is 4.35. The van der Waals surface area contributed by atoms with Gasteiger partial charge >= 0.3 is 0 Å². The van der Waals surface area contributed by atoms with E-state index >= 15 is 0 Å². The summed E-state index contributed by atoms with van der Waals surface area (Å²) in [7, 11) is 0. The summed E-state index contributed by atoms with van der Waals surface area (Å²) in [6.07, 6.45) is 1.47. The lowest BCUT2D eigenvalue weighted by Crippen LogP contribution is -2.12. The number of amides is 1. The maximum Gasteiger partial charge on any atom is 0.257 e. The van der Waals surface area contributed by atoms with Gasteiger partial charge in [0.15, 0.2) is 0 Å². The Labute approximate surface area is 122 Å². The third kappa shape index (κ3) is 3.48. The number of ether oxygens (including phenoxy) is 1. The Morgan fingerprint density at radius 3 is 2.75 bits per heavy atom. The summed E-state index contributed by atoms with van der Waals surface area (Å²) in [4.78, 5) is 16.1. The van der Waals surface area contributed by atoms with Crippen LogP contribution < -0.4 is 10.1 Å². The van der Waals surface area contributed by atoms with Gasteiger partial charge in [0.1, 0.15) is 0 Å². The third-order valence-electron chi connectivity index (χ3n) is 2.66. The number of hydrogen-bond donors (Lipinski definition) is 1. The molecule has 20 heavy (non-hydrogen) atoms. The monoisotopic (exact) mass is 290 g/mol. The fourth-order valence-electron chi connectivity index (χ4n) is 1.66. The third-order valence-corrected chi connectivity index (χ3v) is 2.98. The number of rotatable bonds is 4. The molecular weight excluding hydrogens is 276 g/mol. The topological polar surface area (TPSA) is 51.2 Å². The Morgan fingerprint density at radius 1 is 1.35 bits per heavy atom. The van der Waals surface area contributed by atoms with Crippen LogP contribution in [0.3, 0.4) is 0 Å². The number of nitrogens with one attached hydrogen (secondary N) is 1. The lowest BCUT2D eigenvalue weighted by atomic mass is 10.2. The number of aromatic nitrogens is 1. The average Bonchev–Trinajstić information content (AvgIpc) is 2.43. The number of benzene rings is 1. The van der Waals surface area contributed by atoms with Crippen molar-refractivity contribution in [2.75, 3.05) is 11.9 Å². The minimum Gasteiger partial charge on any atom is -0.478 e. The van der Waals surface area contributed by atoms with Crippen molar-refractivity contribution in [3.63, 3.8) is 0 Å². The second kappa shape index (κ2) is 6.39. The zero-order valence-electron chi connectivity index (χ0n) is 11.3. The molecule has 1 N–H and O–H groups in total. The van der Waals surface area contributed by atoms with Crippen molar-refractivity contribution in [3.05, 3.63) is 52.7 Å². The van der Waals surface area contributed by atoms with E-state index < -0.39 is 0 Å². The van der Waals surface area contributed by atoms with Crippen molar-refractivity contribution in [1.82, 2.24) is 4.98 Å². The molecule has 4 nitrogen and oxygen atoms in total. The van der Waals surface area contributed by atoms with E-state index in [2.05, 4.69) is 10.3 Å². The molecule has 2 aromatic rings. The Hall–Kier alpha value is -2.07. The van der Waals surface area contributed by atoms with E-state index in [4.69, 9.17) is 16.3 Å². The molecule has 0 radical (unpaired) electrons. The van der Waals surface area contributed by atoms with Crippen molar-refractivity contribution in [2.24, 2.45) is 0 Å². The van der Waals surface area contributed by atoms with Crippen molar-refractivity contribution in [1.29, 1.82) is 0 Å². The second-order valence-electron chi connectivity index (χ2n) is 4.26. The van der Waals surface area contributed by atoms with Gasteiger partial charge in [-0.3, -0.25) is 4.79 Å². The molecule has 0 atom stereocenters. The average molecular weight is 291 g/mol. The van der Waals surface area contributed by atoms with E-state index in [1.54, 1.807) is 24.3 Å². The smallest absolute Gasteiger partial charge is 0.257 e. The molecular formula is C15H15ClN2O2. The van der Waals surface area contributed by atoms with Gasteiger partial charge in [-0.05, 0) is 37.6 Å². The molecule has 0 saturated carbocycles. The largest absolute Gasteiger partial charge is 0.478 e. The van der Waals surface area contributed by atoms with E-state index in [9.17, 15) is 4.79 Å². The number of carbonyl (C=O) groups is 1. The van der Waals surface area contributed by atoms with E-state index in [1.165, 1.54) is 6.20 Å². The summed E-state index contributed by atoms with van der Waals surface area (Å²) < 4.78 is 5.23. The quantitative estimate of drug-likeness (QED) is 0.934. The number of anilines is 1. The maximum atomic E-state index is 12.1. The van der Waals surface area contributed by atoms with E-state index in [0.29, 0.717) is 28.8 Å². The molecule has 104 valence electrons. The molecule has 0 unspecified atom stereocenters. The van der Waals surface area contributed by atoms with Crippen LogP contribution in [0.4, 0.5) is 5.69 Å². The molecule has 0 bridgehead atoms. The molecule has 1 aromatic carbocycles. The highest BCUT2D eigenvalue weighted by Crippen LogP contribution is 2.23. The summed E-state index contributed by atoms with van der Waals surface area (Å²) in [5, 5.41) is 3.26. The van der Waals surface area contributed by atoms with Gasteiger partial charge in [0.2, 0.25) is 5.88 Å². The van der Waals surface area contributed by atoms with E-state index in [-0.39, 0.29) is 5.91 Å². The van der Waals surface area contributed by atoms with E-state index in [1.807, 2.05) is 19.9 Å². The van der Waals surface area contributed by atoms with Crippen LogP contribution in [-0.2, 0) is 0 Å². The van der Waals surface area contributed by atoms with Crippen LogP contribution in [0.25, 0.3) is 0 Å². The highest BCUT2D eigenvalue weighted by atomic mass is 35.5. The molecule has 0 aliphatic rings. The van der Waals surface area contributed by atoms with Gasteiger partial charge in [-0.2, -0.15) is 0 Å². The summed E-state index contributed by atoms with van der Waals surface area (Å²) in [5.74, 6) is 0.240. The van der Waals surface area contributed by atoms with E-state index in [0.717, 1.165) is 5.56 Å². The maximum absolute atomic E-state index is 12.1. The van der Waals surface area contributed by atoms with Crippen molar-refractivity contribution in [3.8, 4) is 5.88 Å². The highest BCUT2D eigenvalue weighted by Gasteiger charge is 2.09. The number of hydrogen-bond acceptors (Lipinski definition) is 3. The first-order valence-electron chi connectivity index (χ1n) is 6.26. The van der Waals surface area contributed by atoms with Crippen LogP contribution in [0.15, 0.2) is 36.5 Å². The summed E-state index contributed by atoms with van der Waals surface area (Å²) in [6, 6.07) is 8.79. The molecule has 0 spiro atoms. The predicted molar refractivity (Wildman–Crippen MR) is 79.5 cm³/mol. The Kier molecular flexibility index (Phi) is 4.58. The van der Waals surface area contributed by atoms with Gasteiger partial charge in [0.05, 0.1) is 22.9 Å². The SMILES string of the molecule is CCOc1ccc(C(=O)Nc2ccc(C)cc2Cl)cn1. The standard InChI is InChI=1S/C15H15ClN2O2/c1-3-20-14-7-5-11(9-17-14)15(19)18-13-6-4-10(2)8-12(13)16/h4-9H,3H2,1-2H3,(H,18,19). The van der Waals surface area contributed by atoms with Gasteiger partial charge in [0, 0.05) is 12.3 Å². The number of nitrogens with zero attached hydrogens (tertiary/aromatic N) is 1. The number of halogens is 1. The summed E-state index contributed by atoms with van der Waals surface area (Å²) in [5.41, 5.74) is 2.07. The molecule has 0 saturated heterocycles. The molecule has 1 amide bonds. The molecule has 5 heteroatoms. The van der Waals surface area contributed by atoms with Gasteiger partial charge in [0.25, 0.3) is 5.91 Å². The van der Waals surface area contributed by atoms with Crippen LogP contribution in [-0.4, -0.2) is 17.5 Å². The Bertz CT molecular complexity index is 612. The lowest BCUT2D eigenvalue weighted by Gasteiger charge is -2.08. The fraction of sp³-hybridized carbons (Fsp3) is 0.200. The normalized spacial score (nSPS) is 10.2. The first-order chi connectivity index (χ1) is 9.60. The van der Waals surface area contributed by atoms with Gasteiger partial charge in [-0.25, -0.2) is 4.98 Å². The first-order valence-corrected chi connectivity index (χ1v) is 6.64.